The number of carbonyl (C=O) groups is 1. The Morgan fingerprint density at radius 3 is 2.52 bits per heavy atom. The summed E-state index contributed by atoms with van der Waals surface area (Å²) in [5, 5.41) is 2.52. The number of rotatable bonds is 4. The Labute approximate surface area is 144 Å². The smallest absolute Gasteiger partial charge is 0.289 e. The Morgan fingerprint density at radius 2 is 1.83 bits per heavy atom. The minimum atomic E-state index is -0.132. The van der Waals surface area contributed by atoms with Gasteiger partial charge in [0.05, 0.1) is 4.91 Å². The van der Waals surface area contributed by atoms with Crippen LogP contribution in [0.1, 0.15) is 18.1 Å². The molecule has 3 nitrogen and oxygen atoms in total. The Hall–Kier alpha value is -2.11. The molecular formula is C18H15NO2S2. The fourth-order valence-electron chi connectivity index (χ4n) is 2.32. The van der Waals surface area contributed by atoms with Crippen LogP contribution in [0.25, 0.3) is 5.57 Å². The van der Waals surface area contributed by atoms with E-state index in [-0.39, 0.29) is 5.24 Å². The van der Waals surface area contributed by atoms with Crippen molar-refractivity contribution in [1.29, 1.82) is 0 Å². The molecule has 0 aliphatic carbocycles. The third kappa shape index (κ3) is 3.63. The van der Waals surface area contributed by atoms with E-state index < -0.39 is 0 Å². The van der Waals surface area contributed by atoms with Crippen LogP contribution in [-0.2, 0) is 6.61 Å². The molecule has 1 heterocycles. The largest absolute Gasteiger partial charge is 0.488 e. The molecule has 1 fully saturated rings. The van der Waals surface area contributed by atoms with Gasteiger partial charge in [0.25, 0.3) is 5.24 Å². The number of thiocarbonyl (C=S) groups is 1. The van der Waals surface area contributed by atoms with Gasteiger partial charge in [0, 0.05) is 5.56 Å². The molecule has 0 unspecified atom stereocenters. The van der Waals surface area contributed by atoms with Crippen molar-refractivity contribution >= 4 is 39.8 Å². The molecule has 0 radical (unpaired) electrons. The van der Waals surface area contributed by atoms with E-state index in [9.17, 15) is 4.79 Å². The summed E-state index contributed by atoms with van der Waals surface area (Å²) >= 11 is 6.36. The quantitative estimate of drug-likeness (QED) is 0.641. The second-order valence-electron chi connectivity index (χ2n) is 5.07. The summed E-state index contributed by atoms with van der Waals surface area (Å²) in [6.45, 7) is 2.45. The lowest BCUT2D eigenvalue weighted by molar-refractivity contribution is 0.265. The molecule has 1 aliphatic heterocycles. The van der Waals surface area contributed by atoms with E-state index in [2.05, 4.69) is 5.32 Å². The molecule has 116 valence electrons. The van der Waals surface area contributed by atoms with Crippen LogP contribution in [0, 0.1) is 0 Å². The molecule has 5 heteroatoms. The van der Waals surface area contributed by atoms with Gasteiger partial charge in [-0.2, -0.15) is 0 Å². The molecule has 1 amide bonds. The Morgan fingerprint density at radius 1 is 1.13 bits per heavy atom. The first-order valence-electron chi connectivity index (χ1n) is 7.15. The Bertz CT molecular complexity index is 785. The number of hydrogen-bond acceptors (Lipinski definition) is 4. The predicted octanol–water partition coefficient (Wildman–Crippen LogP) is 4.78. The van der Waals surface area contributed by atoms with Crippen molar-refractivity contribution in [3.63, 3.8) is 0 Å². The Balaban J connectivity index is 1.88. The van der Waals surface area contributed by atoms with E-state index in [1.54, 1.807) is 0 Å². The van der Waals surface area contributed by atoms with E-state index in [0.717, 1.165) is 39.1 Å². The molecule has 0 atom stereocenters. The van der Waals surface area contributed by atoms with E-state index >= 15 is 0 Å². The van der Waals surface area contributed by atoms with Gasteiger partial charge in [-0.15, -0.1) is 0 Å². The van der Waals surface area contributed by atoms with Crippen molar-refractivity contribution in [1.82, 2.24) is 5.32 Å². The van der Waals surface area contributed by atoms with Crippen LogP contribution in [0.3, 0.4) is 0 Å². The molecule has 2 aromatic carbocycles. The normalized spacial score (nSPS) is 16.2. The number of nitrogens with one attached hydrogen (secondary N) is 1. The number of thioether (sulfide) groups is 1. The van der Waals surface area contributed by atoms with Crippen molar-refractivity contribution in [2.24, 2.45) is 0 Å². The highest BCUT2D eigenvalue weighted by atomic mass is 32.2. The molecule has 23 heavy (non-hydrogen) atoms. The lowest BCUT2D eigenvalue weighted by Crippen LogP contribution is -2.16. The van der Waals surface area contributed by atoms with Crippen molar-refractivity contribution in [3.05, 3.63) is 70.6 Å². The lowest BCUT2D eigenvalue weighted by Gasteiger charge is -2.13. The van der Waals surface area contributed by atoms with Crippen LogP contribution in [0.15, 0.2) is 59.5 Å². The first kappa shape index (κ1) is 15.8. The van der Waals surface area contributed by atoms with Crippen LogP contribution in [0.2, 0.25) is 0 Å². The van der Waals surface area contributed by atoms with E-state index in [1.165, 1.54) is 0 Å². The fourth-order valence-corrected chi connectivity index (χ4v) is 3.50. The van der Waals surface area contributed by atoms with Gasteiger partial charge in [-0.25, -0.2) is 0 Å². The van der Waals surface area contributed by atoms with Crippen molar-refractivity contribution in [2.75, 3.05) is 0 Å². The van der Waals surface area contributed by atoms with Gasteiger partial charge in [0.2, 0.25) is 0 Å². The van der Waals surface area contributed by atoms with Gasteiger partial charge < -0.3 is 10.1 Å². The number of hydrogen-bond donors (Lipinski definition) is 1. The van der Waals surface area contributed by atoms with Crippen molar-refractivity contribution in [2.45, 2.75) is 13.5 Å². The first-order valence-corrected chi connectivity index (χ1v) is 8.38. The third-order valence-corrected chi connectivity index (χ3v) is 4.92. The zero-order chi connectivity index (χ0) is 16.2. The second kappa shape index (κ2) is 6.98. The highest BCUT2D eigenvalue weighted by molar-refractivity contribution is 8.19. The van der Waals surface area contributed by atoms with E-state index in [4.69, 9.17) is 17.0 Å². The summed E-state index contributed by atoms with van der Waals surface area (Å²) in [4.78, 5) is 12.8. The summed E-state index contributed by atoms with van der Waals surface area (Å²) < 4.78 is 5.97. The average molecular weight is 341 g/mol. The van der Waals surface area contributed by atoms with Crippen molar-refractivity contribution in [3.8, 4) is 5.75 Å². The fraction of sp³-hybridized carbons (Fsp3) is 0.111. The number of benzene rings is 2. The highest BCUT2D eigenvalue weighted by Gasteiger charge is 2.25. The van der Waals surface area contributed by atoms with Crippen LogP contribution in [0.4, 0.5) is 4.79 Å². The zero-order valence-electron chi connectivity index (χ0n) is 12.5. The zero-order valence-corrected chi connectivity index (χ0v) is 14.2. The lowest BCUT2D eigenvalue weighted by atomic mass is 10.1. The van der Waals surface area contributed by atoms with E-state index in [0.29, 0.717) is 11.6 Å². The Kier molecular flexibility index (Phi) is 4.79. The molecule has 0 aromatic heterocycles. The number of carbonyl (C=O) groups excluding carboxylic acids is 1. The van der Waals surface area contributed by atoms with Gasteiger partial charge >= 0.3 is 0 Å². The summed E-state index contributed by atoms with van der Waals surface area (Å²) in [7, 11) is 0. The number of para-hydroxylation sites is 1. The van der Waals surface area contributed by atoms with Crippen LogP contribution < -0.4 is 10.1 Å². The molecular weight excluding hydrogens is 326 g/mol. The molecule has 0 bridgehead atoms. The van der Waals surface area contributed by atoms with Crippen molar-refractivity contribution < 1.29 is 9.53 Å². The number of ether oxygens (including phenoxy) is 1. The van der Waals surface area contributed by atoms with E-state index in [1.807, 2.05) is 61.5 Å². The minimum Gasteiger partial charge on any atom is -0.488 e. The van der Waals surface area contributed by atoms with Gasteiger partial charge in [-0.3, -0.25) is 4.79 Å². The van der Waals surface area contributed by atoms with Gasteiger partial charge in [0.15, 0.2) is 0 Å². The predicted molar refractivity (Wildman–Crippen MR) is 98.5 cm³/mol. The monoisotopic (exact) mass is 341 g/mol. The molecule has 0 saturated carbocycles. The summed E-state index contributed by atoms with van der Waals surface area (Å²) in [6, 6.07) is 17.8. The third-order valence-electron chi connectivity index (χ3n) is 3.49. The van der Waals surface area contributed by atoms with Gasteiger partial charge in [0.1, 0.15) is 17.3 Å². The van der Waals surface area contributed by atoms with Gasteiger partial charge in [-0.1, -0.05) is 60.7 Å². The molecule has 1 aliphatic rings. The van der Waals surface area contributed by atoms with Crippen LogP contribution in [0.5, 0.6) is 5.75 Å². The number of amides is 1. The van der Waals surface area contributed by atoms with Gasteiger partial charge in [-0.05, 0) is 35.9 Å². The first-order chi connectivity index (χ1) is 11.1. The maximum Gasteiger partial charge on any atom is 0.289 e. The average Bonchev–Trinajstić information content (AvgIpc) is 2.92. The summed E-state index contributed by atoms with van der Waals surface area (Å²) in [5.41, 5.74) is 3.00. The van der Waals surface area contributed by atoms with Crippen LogP contribution in [-0.4, -0.2) is 10.2 Å². The molecule has 2 aromatic rings. The molecule has 0 spiro atoms. The maximum atomic E-state index is 11.5. The molecule has 1 saturated heterocycles. The second-order valence-corrected chi connectivity index (χ2v) is 6.46. The minimum absolute atomic E-state index is 0.132. The summed E-state index contributed by atoms with van der Waals surface area (Å²) in [5.74, 6) is 0.782. The molecule has 3 rings (SSSR count). The summed E-state index contributed by atoms with van der Waals surface area (Å²) in [6.07, 6.45) is 0. The van der Waals surface area contributed by atoms with Crippen LogP contribution >= 0.6 is 24.0 Å². The topological polar surface area (TPSA) is 38.3 Å². The number of allylic oxidation sites excluding steroid dienone is 1. The standard InChI is InChI=1S/C18H15NO2S2/c1-12(16-17(22)19-18(20)23-16)14-9-5-6-10-15(14)21-11-13-7-3-2-4-8-13/h2-10H,11H2,1H3,(H,19,20,22)/b16-12+. The molecule has 1 N–H and O–H groups in total. The highest BCUT2D eigenvalue weighted by Crippen LogP contribution is 2.35. The maximum absolute atomic E-state index is 11.5. The SMILES string of the molecule is C/C(=C1\SC(=O)NC1=S)c1ccccc1OCc1ccccc1.